The minimum Gasteiger partial charge on any atom is -0.355 e. The highest BCUT2D eigenvalue weighted by Crippen LogP contribution is 2.41. The molecule has 0 radical (unpaired) electrons. The van der Waals surface area contributed by atoms with Gasteiger partial charge >= 0.3 is 12.2 Å². The van der Waals surface area contributed by atoms with E-state index in [9.17, 15) is 22.8 Å². The molecule has 10 heteroatoms. The summed E-state index contributed by atoms with van der Waals surface area (Å²) < 4.78 is 41.1. The summed E-state index contributed by atoms with van der Waals surface area (Å²) in [5.74, 6) is 0.303. The van der Waals surface area contributed by atoms with Crippen LogP contribution in [0, 0.1) is 11.8 Å². The van der Waals surface area contributed by atoms with Gasteiger partial charge in [0.1, 0.15) is 0 Å². The second-order valence-corrected chi connectivity index (χ2v) is 8.66. The number of benzene rings is 1. The first-order valence-corrected chi connectivity index (χ1v) is 10.6. The van der Waals surface area contributed by atoms with Gasteiger partial charge in [-0.25, -0.2) is 4.79 Å². The Bertz CT molecular complexity index is 991. The lowest BCUT2D eigenvalue weighted by Gasteiger charge is -2.27. The van der Waals surface area contributed by atoms with Gasteiger partial charge in [-0.2, -0.15) is 23.0 Å². The largest absolute Gasteiger partial charge is 0.416 e. The number of hydrogen-bond acceptors (Lipinski definition) is 4. The predicted octanol–water partition coefficient (Wildman–Crippen LogP) is 3.07. The summed E-state index contributed by atoms with van der Waals surface area (Å²) in [5, 5.41) is 6.50. The molecule has 32 heavy (non-hydrogen) atoms. The second-order valence-electron chi connectivity index (χ2n) is 8.66. The van der Waals surface area contributed by atoms with Crippen LogP contribution in [0.4, 0.5) is 18.0 Å². The molecule has 2 aromatic rings. The van der Waals surface area contributed by atoms with Crippen molar-refractivity contribution in [2.75, 3.05) is 27.2 Å². The monoisotopic (exact) mass is 449 g/mol. The van der Waals surface area contributed by atoms with Gasteiger partial charge in [0.15, 0.2) is 0 Å². The van der Waals surface area contributed by atoms with Crippen LogP contribution in [-0.2, 0) is 12.7 Å². The number of halogens is 3. The van der Waals surface area contributed by atoms with Gasteiger partial charge in [0, 0.05) is 38.9 Å². The average Bonchev–Trinajstić information content (AvgIpc) is 3.47. The molecule has 1 N–H and O–H groups in total. The maximum absolute atomic E-state index is 13.3. The van der Waals surface area contributed by atoms with E-state index >= 15 is 0 Å². The number of carbonyl (C=O) groups is 2. The number of likely N-dealkylation sites (tertiary alicyclic amines) is 1. The number of aromatic nitrogens is 2. The smallest absolute Gasteiger partial charge is 0.355 e. The van der Waals surface area contributed by atoms with Crippen LogP contribution in [0.5, 0.6) is 0 Å². The molecule has 1 aliphatic carbocycles. The van der Waals surface area contributed by atoms with Crippen LogP contribution in [0.2, 0.25) is 0 Å². The van der Waals surface area contributed by atoms with E-state index in [4.69, 9.17) is 0 Å². The first-order chi connectivity index (χ1) is 15.2. The molecule has 1 aromatic heterocycles. The molecule has 7 nitrogen and oxygen atoms in total. The summed E-state index contributed by atoms with van der Waals surface area (Å²) >= 11 is 0. The number of amides is 2. The molecule has 1 saturated heterocycles. The van der Waals surface area contributed by atoms with E-state index in [1.54, 1.807) is 11.0 Å². The van der Waals surface area contributed by atoms with E-state index in [1.165, 1.54) is 36.3 Å². The van der Waals surface area contributed by atoms with Crippen LogP contribution in [0.15, 0.2) is 36.7 Å². The van der Waals surface area contributed by atoms with Crippen LogP contribution < -0.4 is 5.32 Å². The molecular weight excluding hydrogens is 423 g/mol. The van der Waals surface area contributed by atoms with E-state index < -0.39 is 11.7 Å². The quantitative estimate of drug-likeness (QED) is 0.779. The fraction of sp³-hybridized carbons (Fsp3) is 0.500. The van der Waals surface area contributed by atoms with Gasteiger partial charge in [-0.1, -0.05) is 18.2 Å². The molecule has 2 aliphatic rings. The summed E-state index contributed by atoms with van der Waals surface area (Å²) in [6, 6.07) is 5.62. The highest BCUT2D eigenvalue weighted by molar-refractivity contribution is 5.94. The first kappa shape index (κ1) is 22.3. The van der Waals surface area contributed by atoms with Gasteiger partial charge in [0.2, 0.25) is 0 Å². The Balaban J connectivity index is 1.35. The van der Waals surface area contributed by atoms with Gasteiger partial charge < -0.3 is 10.2 Å². The normalized spacial score (nSPS) is 22.9. The molecule has 1 saturated carbocycles. The fourth-order valence-electron chi connectivity index (χ4n) is 4.95. The molecule has 0 spiro atoms. The zero-order chi connectivity index (χ0) is 23.0. The second kappa shape index (κ2) is 8.57. The lowest BCUT2D eigenvalue weighted by Crippen LogP contribution is -2.36. The SMILES string of the molecule is CNC(=O)c1cnn(C(=O)N2C[C@H]3CC(N(C)Cc4ccccc4C(F)(F)F)C[C@H]3C2)c1. The first-order valence-electron chi connectivity index (χ1n) is 10.6. The summed E-state index contributed by atoms with van der Waals surface area (Å²) in [4.78, 5) is 28.2. The van der Waals surface area contributed by atoms with Crippen LogP contribution in [-0.4, -0.2) is 64.7 Å². The molecule has 172 valence electrons. The molecule has 1 unspecified atom stereocenters. The Morgan fingerprint density at radius 2 is 1.84 bits per heavy atom. The minimum absolute atomic E-state index is 0.174. The molecule has 3 atom stereocenters. The average molecular weight is 449 g/mol. The number of hydrogen-bond donors (Lipinski definition) is 1. The maximum atomic E-state index is 13.3. The number of fused-ring (bicyclic) bond motifs is 1. The third-order valence-corrected chi connectivity index (χ3v) is 6.63. The molecule has 1 aliphatic heterocycles. The van der Waals surface area contributed by atoms with Gasteiger partial charge in [-0.05, 0) is 43.4 Å². The van der Waals surface area contributed by atoms with Crippen molar-refractivity contribution in [3.8, 4) is 0 Å². The van der Waals surface area contributed by atoms with Gasteiger partial charge in [-0.3, -0.25) is 9.69 Å². The summed E-state index contributed by atoms with van der Waals surface area (Å²) in [5.41, 5.74) is 0.0141. The number of nitrogens with one attached hydrogen (secondary N) is 1. The summed E-state index contributed by atoms with van der Waals surface area (Å²) in [6.07, 6.45) is 0.0828. The van der Waals surface area contributed by atoms with Gasteiger partial charge in [0.25, 0.3) is 5.91 Å². The topological polar surface area (TPSA) is 70.5 Å². The molecule has 4 rings (SSSR count). The van der Waals surface area contributed by atoms with Crippen molar-refractivity contribution in [3.05, 3.63) is 53.3 Å². The van der Waals surface area contributed by atoms with Gasteiger partial charge in [0.05, 0.1) is 17.3 Å². The Labute approximate surface area is 184 Å². The molecule has 1 aromatic carbocycles. The molecular formula is C22H26F3N5O2. The lowest BCUT2D eigenvalue weighted by molar-refractivity contribution is -0.138. The highest BCUT2D eigenvalue weighted by Gasteiger charge is 2.44. The Morgan fingerprint density at radius 1 is 1.19 bits per heavy atom. The number of rotatable bonds is 4. The van der Waals surface area contributed by atoms with Gasteiger partial charge in [-0.15, -0.1) is 0 Å². The number of carbonyl (C=O) groups excluding carboxylic acids is 2. The minimum atomic E-state index is -4.37. The van der Waals surface area contributed by atoms with Crippen LogP contribution in [0.1, 0.15) is 34.3 Å². The summed E-state index contributed by atoms with van der Waals surface area (Å²) in [6.45, 7) is 1.41. The van der Waals surface area contributed by atoms with E-state index in [1.807, 2.05) is 11.9 Å². The Morgan fingerprint density at radius 3 is 2.47 bits per heavy atom. The van der Waals surface area contributed by atoms with E-state index in [-0.39, 0.29) is 30.1 Å². The summed E-state index contributed by atoms with van der Waals surface area (Å²) in [7, 11) is 3.38. The maximum Gasteiger partial charge on any atom is 0.416 e. The lowest BCUT2D eigenvalue weighted by atomic mass is 10.0. The third kappa shape index (κ3) is 4.36. The standard InChI is InChI=1S/C22H26F3N5O2/c1-26-20(31)17-9-27-30(13-17)21(32)29-11-15-7-18(8-16(15)12-29)28(2)10-14-5-3-4-6-19(14)22(23,24)25/h3-6,9,13,15-16,18H,7-8,10-12H2,1-2H3,(H,26,31)/t15-,16+,18?. The Hall–Kier alpha value is -2.88. The van der Waals surface area contributed by atoms with Crippen molar-refractivity contribution < 1.29 is 22.8 Å². The molecule has 2 amide bonds. The molecule has 2 heterocycles. The number of nitrogens with zero attached hydrogens (tertiary/aromatic N) is 4. The van der Waals surface area contributed by atoms with E-state index in [0.717, 1.165) is 18.9 Å². The van der Waals surface area contributed by atoms with Crippen molar-refractivity contribution >= 4 is 11.9 Å². The van der Waals surface area contributed by atoms with Crippen molar-refractivity contribution in [2.45, 2.75) is 31.6 Å². The van der Waals surface area contributed by atoms with Crippen LogP contribution in [0.25, 0.3) is 0 Å². The van der Waals surface area contributed by atoms with Crippen LogP contribution >= 0.6 is 0 Å². The Kier molecular flexibility index (Phi) is 5.98. The van der Waals surface area contributed by atoms with Crippen molar-refractivity contribution in [1.82, 2.24) is 24.9 Å². The van der Waals surface area contributed by atoms with Crippen molar-refractivity contribution in [2.24, 2.45) is 11.8 Å². The van der Waals surface area contributed by atoms with E-state index in [0.29, 0.717) is 30.5 Å². The third-order valence-electron chi connectivity index (χ3n) is 6.63. The van der Waals surface area contributed by atoms with Crippen molar-refractivity contribution in [3.63, 3.8) is 0 Å². The highest BCUT2D eigenvalue weighted by atomic mass is 19.4. The molecule has 0 bridgehead atoms. The zero-order valence-corrected chi connectivity index (χ0v) is 18.0. The predicted molar refractivity (Wildman–Crippen MR) is 111 cm³/mol. The van der Waals surface area contributed by atoms with Crippen molar-refractivity contribution in [1.29, 1.82) is 0 Å². The van der Waals surface area contributed by atoms with E-state index in [2.05, 4.69) is 10.4 Å². The number of alkyl halides is 3. The molecule has 2 fully saturated rings. The van der Waals surface area contributed by atoms with Crippen LogP contribution in [0.3, 0.4) is 0 Å². The zero-order valence-electron chi connectivity index (χ0n) is 18.0. The fourth-order valence-corrected chi connectivity index (χ4v) is 4.95.